The fraction of sp³-hybridized carbons (Fsp3) is 0.250. The van der Waals surface area contributed by atoms with E-state index in [-0.39, 0.29) is 11.3 Å². The van der Waals surface area contributed by atoms with E-state index in [0.717, 1.165) is 10.5 Å². The Balaban J connectivity index is 2.17. The number of benzene rings is 2. The maximum Gasteiger partial charge on any atom is 0.0577 e. The number of rotatable bonds is 4. The highest BCUT2D eigenvalue weighted by Crippen LogP contribution is 2.22. The van der Waals surface area contributed by atoms with Crippen molar-refractivity contribution < 1.29 is 4.21 Å². The third-order valence-corrected chi connectivity index (χ3v) is 4.99. The first-order chi connectivity index (χ1) is 9.09. The molecule has 0 fully saturated rings. The molecular weight excluding hydrogens is 254 g/mol. The molecule has 0 spiro atoms. The Morgan fingerprint density at radius 2 is 1.58 bits per heavy atom. The lowest BCUT2D eigenvalue weighted by atomic mass is 10.1. The van der Waals surface area contributed by atoms with Gasteiger partial charge in [0.05, 0.1) is 16.0 Å². The third-order valence-electron chi connectivity index (χ3n) is 3.28. The normalized spacial score (nSPS) is 15.7. The SMILES string of the molecule is Cc1ccc(S(=O)C(C)C(N)c2ccccc2)cc1. The van der Waals surface area contributed by atoms with E-state index in [1.54, 1.807) is 0 Å². The summed E-state index contributed by atoms with van der Waals surface area (Å²) in [5.41, 5.74) is 8.40. The molecule has 0 aliphatic heterocycles. The van der Waals surface area contributed by atoms with Crippen molar-refractivity contribution in [2.45, 2.75) is 30.0 Å². The minimum absolute atomic E-state index is 0.120. The predicted octanol–water partition coefficient (Wildman–Crippen LogP) is 3.19. The molecule has 0 saturated heterocycles. The van der Waals surface area contributed by atoms with Gasteiger partial charge in [-0.05, 0) is 31.5 Å². The molecule has 0 saturated carbocycles. The summed E-state index contributed by atoms with van der Waals surface area (Å²) in [6.45, 7) is 3.96. The van der Waals surface area contributed by atoms with E-state index in [1.807, 2.05) is 68.4 Å². The lowest BCUT2D eigenvalue weighted by Gasteiger charge is -2.20. The first-order valence-electron chi connectivity index (χ1n) is 6.37. The van der Waals surface area contributed by atoms with Crippen molar-refractivity contribution in [1.82, 2.24) is 0 Å². The molecule has 0 aliphatic carbocycles. The van der Waals surface area contributed by atoms with E-state index in [4.69, 9.17) is 5.73 Å². The molecule has 19 heavy (non-hydrogen) atoms. The van der Waals surface area contributed by atoms with Gasteiger partial charge in [0.15, 0.2) is 0 Å². The van der Waals surface area contributed by atoms with Gasteiger partial charge < -0.3 is 5.73 Å². The number of hydrogen-bond donors (Lipinski definition) is 1. The zero-order chi connectivity index (χ0) is 13.8. The molecule has 2 N–H and O–H groups in total. The molecule has 3 unspecified atom stereocenters. The van der Waals surface area contributed by atoms with Gasteiger partial charge in [-0.3, -0.25) is 4.21 Å². The maximum atomic E-state index is 12.5. The first-order valence-corrected chi connectivity index (χ1v) is 7.58. The van der Waals surface area contributed by atoms with Crippen LogP contribution >= 0.6 is 0 Å². The minimum atomic E-state index is -1.09. The van der Waals surface area contributed by atoms with E-state index < -0.39 is 10.8 Å². The standard InChI is InChI=1S/C16H19NOS/c1-12-8-10-15(11-9-12)19(18)13(2)16(17)14-6-4-3-5-7-14/h3-11,13,16H,17H2,1-2H3. The number of hydrogen-bond acceptors (Lipinski definition) is 2. The van der Waals surface area contributed by atoms with Crippen LogP contribution in [0.2, 0.25) is 0 Å². The van der Waals surface area contributed by atoms with E-state index in [0.29, 0.717) is 0 Å². The van der Waals surface area contributed by atoms with Crippen LogP contribution < -0.4 is 5.73 Å². The molecule has 2 aromatic rings. The van der Waals surface area contributed by atoms with E-state index in [9.17, 15) is 4.21 Å². The highest BCUT2D eigenvalue weighted by molar-refractivity contribution is 7.85. The van der Waals surface area contributed by atoms with Gasteiger partial charge in [-0.15, -0.1) is 0 Å². The van der Waals surface area contributed by atoms with Crippen LogP contribution in [0.15, 0.2) is 59.5 Å². The third kappa shape index (κ3) is 3.31. The maximum absolute atomic E-state index is 12.5. The van der Waals surface area contributed by atoms with Crippen molar-refractivity contribution in [3.05, 3.63) is 65.7 Å². The van der Waals surface area contributed by atoms with Gasteiger partial charge in [-0.2, -0.15) is 0 Å². The Labute approximate surface area is 117 Å². The minimum Gasteiger partial charge on any atom is -0.323 e. The van der Waals surface area contributed by atoms with Crippen LogP contribution in [0.5, 0.6) is 0 Å². The van der Waals surface area contributed by atoms with Gasteiger partial charge in [-0.1, -0.05) is 48.0 Å². The van der Waals surface area contributed by atoms with Crippen LogP contribution in [0.25, 0.3) is 0 Å². The Morgan fingerprint density at radius 1 is 1.00 bits per heavy atom. The fourth-order valence-corrected chi connectivity index (χ4v) is 3.22. The first kappa shape index (κ1) is 14.0. The molecule has 2 aromatic carbocycles. The zero-order valence-corrected chi connectivity index (χ0v) is 12.1. The Bertz CT molecular complexity index is 551. The molecule has 0 heterocycles. The summed E-state index contributed by atoms with van der Waals surface area (Å²) in [4.78, 5) is 0.837. The molecule has 0 aromatic heterocycles. The summed E-state index contributed by atoms with van der Waals surface area (Å²) >= 11 is 0. The molecule has 0 radical (unpaired) electrons. The lowest BCUT2D eigenvalue weighted by molar-refractivity contribution is 0.643. The summed E-state index contributed by atoms with van der Waals surface area (Å²) in [5.74, 6) is 0. The van der Waals surface area contributed by atoms with E-state index >= 15 is 0 Å². The van der Waals surface area contributed by atoms with Crippen molar-refractivity contribution in [3.8, 4) is 0 Å². The van der Waals surface area contributed by atoms with Crippen LogP contribution in [-0.2, 0) is 10.8 Å². The molecule has 0 aliphatic rings. The van der Waals surface area contributed by atoms with Crippen LogP contribution in [0, 0.1) is 6.92 Å². The van der Waals surface area contributed by atoms with Crippen molar-refractivity contribution in [1.29, 1.82) is 0 Å². The molecule has 0 amide bonds. The van der Waals surface area contributed by atoms with Crippen molar-refractivity contribution in [3.63, 3.8) is 0 Å². The van der Waals surface area contributed by atoms with Crippen LogP contribution in [0.4, 0.5) is 0 Å². The van der Waals surface area contributed by atoms with Crippen LogP contribution in [0.3, 0.4) is 0 Å². The van der Waals surface area contributed by atoms with Gasteiger partial charge in [0.25, 0.3) is 0 Å². The molecule has 3 heteroatoms. The van der Waals surface area contributed by atoms with Gasteiger partial charge in [0.1, 0.15) is 0 Å². The molecule has 2 nitrogen and oxygen atoms in total. The summed E-state index contributed by atoms with van der Waals surface area (Å²) in [6, 6.07) is 17.4. The largest absolute Gasteiger partial charge is 0.323 e. The topological polar surface area (TPSA) is 43.1 Å². The Kier molecular flexibility index (Phi) is 4.51. The highest BCUT2D eigenvalue weighted by Gasteiger charge is 2.21. The average molecular weight is 273 g/mol. The summed E-state index contributed by atoms with van der Waals surface area (Å²) in [6.07, 6.45) is 0. The zero-order valence-electron chi connectivity index (χ0n) is 11.2. The van der Waals surface area contributed by atoms with Crippen molar-refractivity contribution in [2.24, 2.45) is 5.73 Å². The number of nitrogens with two attached hydrogens (primary N) is 1. The second kappa shape index (κ2) is 6.13. The molecule has 3 atom stereocenters. The van der Waals surface area contributed by atoms with E-state index in [1.165, 1.54) is 5.56 Å². The average Bonchev–Trinajstić information content (AvgIpc) is 2.46. The van der Waals surface area contributed by atoms with Crippen LogP contribution in [0.1, 0.15) is 24.1 Å². The highest BCUT2D eigenvalue weighted by atomic mass is 32.2. The predicted molar refractivity (Wildman–Crippen MR) is 80.4 cm³/mol. The van der Waals surface area contributed by atoms with Gasteiger partial charge in [0, 0.05) is 10.9 Å². The summed E-state index contributed by atoms with van der Waals surface area (Å²) < 4.78 is 12.5. The molecule has 0 bridgehead atoms. The quantitative estimate of drug-likeness (QED) is 0.929. The summed E-state index contributed by atoms with van der Waals surface area (Å²) in [7, 11) is -1.09. The summed E-state index contributed by atoms with van der Waals surface area (Å²) in [5, 5.41) is -0.120. The molecule has 2 rings (SSSR count). The van der Waals surface area contributed by atoms with Gasteiger partial charge in [0.2, 0.25) is 0 Å². The Morgan fingerprint density at radius 3 is 2.16 bits per heavy atom. The van der Waals surface area contributed by atoms with Gasteiger partial charge in [-0.25, -0.2) is 0 Å². The van der Waals surface area contributed by atoms with Crippen molar-refractivity contribution in [2.75, 3.05) is 0 Å². The second-order valence-corrected chi connectivity index (χ2v) is 6.56. The second-order valence-electron chi connectivity index (χ2n) is 4.75. The molecular formula is C16H19NOS. The lowest BCUT2D eigenvalue weighted by Crippen LogP contribution is -2.27. The monoisotopic (exact) mass is 273 g/mol. The fourth-order valence-electron chi connectivity index (χ4n) is 1.97. The molecule has 100 valence electrons. The smallest absolute Gasteiger partial charge is 0.0577 e. The van der Waals surface area contributed by atoms with Crippen LogP contribution in [-0.4, -0.2) is 9.46 Å². The van der Waals surface area contributed by atoms with Crippen molar-refractivity contribution >= 4 is 10.8 Å². The van der Waals surface area contributed by atoms with Gasteiger partial charge >= 0.3 is 0 Å². The Hall–Kier alpha value is -1.45. The van der Waals surface area contributed by atoms with E-state index in [2.05, 4.69) is 0 Å². The number of aryl methyl sites for hydroxylation is 1.